The highest BCUT2D eigenvalue weighted by atomic mass is 16.5. The first-order valence-corrected chi connectivity index (χ1v) is 7.70. The Hall–Kier alpha value is -1.13. The summed E-state index contributed by atoms with van der Waals surface area (Å²) in [5.41, 5.74) is 2.60. The number of ether oxygens (including phenoxy) is 1. The SMILES string of the molecule is CCC1COCCN1c1cnccc1CNCC(C)C. The molecule has 0 bridgehead atoms. The number of nitrogens with zero attached hydrogens (tertiary/aromatic N) is 2. The number of hydrogen-bond donors (Lipinski definition) is 1. The van der Waals surface area contributed by atoms with E-state index in [1.165, 1.54) is 11.3 Å². The third kappa shape index (κ3) is 3.93. The molecule has 0 saturated carbocycles. The molecule has 112 valence electrons. The van der Waals surface area contributed by atoms with Gasteiger partial charge in [0.05, 0.1) is 31.1 Å². The molecule has 1 aromatic heterocycles. The van der Waals surface area contributed by atoms with E-state index in [2.05, 4.69) is 42.0 Å². The summed E-state index contributed by atoms with van der Waals surface area (Å²) in [5.74, 6) is 0.673. The molecule has 1 aliphatic rings. The van der Waals surface area contributed by atoms with Crippen molar-refractivity contribution in [2.75, 3.05) is 31.2 Å². The Bertz CT molecular complexity index is 408. The van der Waals surface area contributed by atoms with E-state index in [9.17, 15) is 0 Å². The highest BCUT2D eigenvalue weighted by molar-refractivity contribution is 5.53. The number of aromatic nitrogens is 1. The Labute approximate surface area is 122 Å². The van der Waals surface area contributed by atoms with Crippen LogP contribution in [0.15, 0.2) is 18.5 Å². The number of pyridine rings is 1. The minimum Gasteiger partial charge on any atom is -0.377 e. The lowest BCUT2D eigenvalue weighted by Crippen LogP contribution is -2.45. The maximum atomic E-state index is 5.60. The van der Waals surface area contributed by atoms with Crippen LogP contribution in [-0.2, 0) is 11.3 Å². The molecular weight excluding hydrogens is 250 g/mol. The predicted molar refractivity (Wildman–Crippen MR) is 83.0 cm³/mol. The second kappa shape index (κ2) is 7.60. The van der Waals surface area contributed by atoms with Crippen LogP contribution in [0.25, 0.3) is 0 Å². The predicted octanol–water partition coefficient (Wildman–Crippen LogP) is 2.44. The summed E-state index contributed by atoms with van der Waals surface area (Å²) in [6, 6.07) is 2.60. The average molecular weight is 277 g/mol. The van der Waals surface area contributed by atoms with Crippen LogP contribution in [-0.4, -0.2) is 37.3 Å². The zero-order valence-corrected chi connectivity index (χ0v) is 12.9. The van der Waals surface area contributed by atoms with Gasteiger partial charge in [0.15, 0.2) is 0 Å². The Morgan fingerprint density at radius 1 is 1.50 bits per heavy atom. The molecule has 4 nitrogen and oxygen atoms in total. The molecule has 1 aromatic rings. The Balaban J connectivity index is 2.09. The molecule has 2 heterocycles. The minimum atomic E-state index is 0.469. The van der Waals surface area contributed by atoms with Crippen LogP contribution in [0, 0.1) is 5.92 Å². The first kappa shape index (κ1) is 15.3. The van der Waals surface area contributed by atoms with E-state index < -0.39 is 0 Å². The van der Waals surface area contributed by atoms with E-state index in [1.807, 2.05) is 12.4 Å². The van der Waals surface area contributed by atoms with Crippen molar-refractivity contribution in [3.63, 3.8) is 0 Å². The summed E-state index contributed by atoms with van der Waals surface area (Å²) in [7, 11) is 0. The minimum absolute atomic E-state index is 0.469. The fraction of sp³-hybridized carbons (Fsp3) is 0.688. The Morgan fingerprint density at radius 2 is 2.35 bits per heavy atom. The number of nitrogens with one attached hydrogen (secondary N) is 1. The third-order valence-electron chi connectivity index (χ3n) is 3.76. The second-order valence-corrected chi connectivity index (χ2v) is 5.86. The van der Waals surface area contributed by atoms with E-state index in [4.69, 9.17) is 4.74 Å². The molecule has 0 spiro atoms. The maximum absolute atomic E-state index is 5.60. The molecule has 1 N–H and O–H groups in total. The van der Waals surface area contributed by atoms with Crippen molar-refractivity contribution in [2.24, 2.45) is 5.92 Å². The monoisotopic (exact) mass is 277 g/mol. The van der Waals surface area contributed by atoms with Gasteiger partial charge in [0.1, 0.15) is 0 Å². The maximum Gasteiger partial charge on any atom is 0.0670 e. The van der Waals surface area contributed by atoms with Gasteiger partial charge in [-0.2, -0.15) is 0 Å². The zero-order valence-electron chi connectivity index (χ0n) is 12.9. The van der Waals surface area contributed by atoms with Gasteiger partial charge < -0.3 is 15.0 Å². The van der Waals surface area contributed by atoms with E-state index in [1.54, 1.807) is 0 Å². The lowest BCUT2D eigenvalue weighted by Gasteiger charge is -2.37. The number of hydrogen-bond acceptors (Lipinski definition) is 4. The molecule has 4 heteroatoms. The van der Waals surface area contributed by atoms with Gasteiger partial charge in [-0.15, -0.1) is 0 Å². The standard InChI is InChI=1S/C16H27N3O/c1-4-15-12-20-8-7-19(15)16-11-17-6-5-14(16)10-18-9-13(2)3/h5-6,11,13,15,18H,4,7-10,12H2,1-3H3. The lowest BCUT2D eigenvalue weighted by atomic mass is 10.1. The summed E-state index contributed by atoms with van der Waals surface area (Å²) in [5, 5.41) is 3.53. The molecule has 0 amide bonds. The molecule has 1 fully saturated rings. The van der Waals surface area contributed by atoms with Crippen LogP contribution in [0.1, 0.15) is 32.8 Å². The molecule has 0 radical (unpaired) electrons. The quantitative estimate of drug-likeness (QED) is 0.866. The molecule has 2 rings (SSSR count). The van der Waals surface area contributed by atoms with Crippen LogP contribution in [0.5, 0.6) is 0 Å². The van der Waals surface area contributed by atoms with Gasteiger partial charge in [-0.05, 0) is 30.5 Å². The number of rotatable bonds is 6. The zero-order chi connectivity index (χ0) is 14.4. The van der Waals surface area contributed by atoms with E-state index in [-0.39, 0.29) is 0 Å². The van der Waals surface area contributed by atoms with Crippen LogP contribution < -0.4 is 10.2 Å². The van der Waals surface area contributed by atoms with Crippen LogP contribution >= 0.6 is 0 Å². The van der Waals surface area contributed by atoms with Crippen molar-refractivity contribution in [2.45, 2.75) is 39.8 Å². The van der Waals surface area contributed by atoms with Gasteiger partial charge in [0, 0.05) is 19.3 Å². The van der Waals surface area contributed by atoms with Gasteiger partial charge >= 0.3 is 0 Å². The molecule has 1 aliphatic heterocycles. The molecule has 1 unspecified atom stereocenters. The summed E-state index contributed by atoms with van der Waals surface area (Å²) >= 11 is 0. The van der Waals surface area contributed by atoms with E-state index in [0.717, 1.165) is 39.3 Å². The molecule has 0 aliphatic carbocycles. The van der Waals surface area contributed by atoms with Crippen LogP contribution in [0.3, 0.4) is 0 Å². The Morgan fingerprint density at radius 3 is 3.10 bits per heavy atom. The molecule has 1 atom stereocenters. The second-order valence-electron chi connectivity index (χ2n) is 5.86. The molecular formula is C16H27N3O. The third-order valence-corrected chi connectivity index (χ3v) is 3.76. The fourth-order valence-corrected chi connectivity index (χ4v) is 2.63. The van der Waals surface area contributed by atoms with E-state index >= 15 is 0 Å². The van der Waals surface area contributed by atoms with Gasteiger partial charge in [0.2, 0.25) is 0 Å². The van der Waals surface area contributed by atoms with E-state index in [0.29, 0.717) is 12.0 Å². The van der Waals surface area contributed by atoms with Crippen molar-refractivity contribution >= 4 is 5.69 Å². The lowest BCUT2D eigenvalue weighted by molar-refractivity contribution is 0.0928. The van der Waals surface area contributed by atoms with Gasteiger partial charge in [-0.1, -0.05) is 20.8 Å². The number of morpholine rings is 1. The first-order valence-electron chi connectivity index (χ1n) is 7.70. The van der Waals surface area contributed by atoms with Crippen molar-refractivity contribution < 1.29 is 4.74 Å². The summed E-state index contributed by atoms with van der Waals surface area (Å²) < 4.78 is 5.60. The molecule has 0 aromatic carbocycles. The average Bonchev–Trinajstić information content (AvgIpc) is 2.47. The number of anilines is 1. The van der Waals surface area contributed by atoms with Gasteiger partial charge in [-0.25, -0.2) is 0 Å². The van der Waals surface area contributed by atoms with Crippen molar-refractivity contribution in [1.82, 2.24) is 10.3 Å². The topological polar surface area (TPSA) is 37.4 Å². The summed E-state index contributed by atoms with van der Waals surface area (Å²) in [6.07, 6.45) is 4.99. The summed E-state index contributed by atoms with van der Waals surface area (Å²) in [4.78, 5) is 6.78. The molecule has 1 saturated heterocycles. The van der Waals surface area contributed by atoms with Crippen molar-refractivity contribution in [1.29, 1.82) is 0 Å². The van der Waals surface area contributed by atoms with Gasteiger partial charge in [0.25, 0.3) is 0 Å². The van der Waals surface area contributed by atoms with Crippen molar-refractivity contribution in [3.8, 4) is 0 Å². The highest BCUT2D eigenvalue weighted by Gasteiger charge is 2.23. The Kier molecular flexibility index (Phi) is 5.80. The largest absolute Gasteiger partial charge is 0.377 e. The van der Waals surface area contributed by atoms with Crippen LogP contribution in [0.4, 0.5) is 5.69 Å². The van der Waals surface area contributed by atoms with Gasteiger partial charge in [-0.3, -0.25) is 4.98 Å². The highest BCUT2D eigenvalue weighted by Crippen LogP contribution is 2.24. The smallest absolute Gasteiger partial charge is 0.0670 e. The van der Waals surface area contributed by atoms with Crippen LogP contribution in [0.2, 0.25) is 0 Å². The normalized spacial score (nSPS) is 19.6. The fourth-order valence-electron chi connectivity index (χ4n) is 2.63. The molecule has 20 heavy (non-hydrogen) atoms. The van der Waals surface area contributed by atoms with Crippen molar-refractivity contribution in [3.05, 3.63) is 24.0 Å². The summed E-state index contributed by atoms with van der Waals surface area (Å²) in [6.45, 7) is 11.2. The first-order chi connectivity index (χ1) is 9.72.